The maximum atomic E-state index is 12.5. The fourth-order valence-corrected chi connectivity index (χ4v) is 6.88. The standard InChI is InChI=1S/C47H85O10P/c1-3-5-7-9-11-13-15-17-18-19-20-21-22-23-24-25-27-29-31-33-35-39-47(51)57-43(42-56-58(52,53)54)41-55-46(50)40-36-38-45(49)44(48)37-34-32-30-28-26-16-14-12-10-8-6-4-2/h6,8,12,14,26,28,32,34,43-45,48-49H,3-5,7,9-11,13,15-25,27,29-31,33,35-42H2,1-2H3,(H2,52,53,54)/b8-6-,14-12-,28-26-,34-32-/t43-,44+,45+/m1/s1. The van der Waals surface area contributed by atoms with E-state index in [9.17, 15) is 24.4 Å². The summed E-state index contributed by atoms with van der Waals surface area (Å²) in [4.78, 5) is 43.0. The first kappa shape index (κ1) is 55.9. The van der Waals surface area contributed by atoms with Crippen LogP contribution in [0.1, 0.15) is 206 Å². The SMILES string of the molecule is CC/C=C\C/C=C\C/C=C\C/C=C\C[C@H](O)[C@@H](O)CCCC(=O)OC[C@H](COP(=O)(O)O)OC(=O)CCCCCCCCCCCCCCCCCCCCCCC. The number of carbonyl (C=O) groups excluding carboxylic acids is 2. The topological polar surface area (TPSA) is 160 Å². The number of aliphatic hydroxyl groups excluding tert-OH is 2. The van der Waals surface area contributed by atoms with Crippen molar-refractivity contribution < 1.29 is 48.2 Å². The molecule has 0 saturated heterocycles. The first-order valence-corrected chi connectivity index (χ1v) is 24.6. The molecule has 0 saturated carbocycles. The van der Waals surface area contributed by atoms with Crippen molar-refractivity contribution in [1.82, 2.24) is 0 Å². The number of allylic oxidation sites excluding steroid dienone is 7. The molecule has 0 amide bonds. The molecule has 4 N–H and O–H groups in total. The van der Waals surface area contributed by atoms with Crippen molar-refractivity contribution >= 4 is 19.8 Å². The van der Waals surface area contributed by atoms with Gasteiger partial charge in [0.15, 0.2) is 6.10 Å². The zero-order valence-electron chi connectivity index (χ0n) is 36.7. The summed E-state index contributed by atoms with van der Waals surface area (Å²) in [6.07, 6.45) is 44.4. The molecule has 0 aromatic heterocycles. The summed E-state index contributed by atoms with van der Waals surface area (Å²) >= 11 is 0. The molecule has 0 bridgehead atoms. The molecule has 0 spiro atoms. The third kappa shape index (κ3) is 42.1. The van der Waals surface area contributed by atoms with Gasteiger partial charge in [-0.2, -0.15) is 0 Å². The Morgan fingerprint density at radius 2 is 0.931 bits per heavy atom. The Morgan fingerprint density at radius 1 is 0.517 bits per heavy atom. The van der Waals surface area contributed by atoms with Gasteiger partial charge in [0.05, 0.1) is 18.8 Å². The second-order valence-electron chi connectivity index (χ2n) is 15.7. The van der Waals surface area contributed by atoms with Gasteiger partial charge >= 0.3 is 19.8 Å². The monoisotopic (exact) mass is 841 g/mol. The van der Waals surface area contributed by atoms with Gasteiger partial charge in [-0.25, -0.2) is 4.57 Å². The quantitative estimate of drug-likeness (QED) is 0.0202. The molecule has 10 nitrogen and oxygen atoms in total. The smallest absolute Gasteiger partial charge is 0.462 e. The van der Waals surface area contributed by atoms with Crippen LogP contribution in [0.5, 0.6) is 0 Å². The number of esters is 2. The molecule has 11 heteroatoms. The van der Waals surface area contributed by atoms with E-state index in [0.29, 0.717) is 6.42 Å². The highest BCUT2D eigenvalue weighted by Crippen LogP contribution is 2.36. The number of phosphoric acid groups is 1. The number of ether oxygens (including phenoxy) is 2. The van der Waals surface area contributed by atoms with Crippen molar-refractivity contribution in [1.29, 1.82) is 0 Å². The van der Waals surface area contributed by atoms with Crippen LogP contribution in [0.4, 0.5) is 0 Å². The summed E-state index contributed by atoms with van der Waals surface area (Å²) in [5, 5.41) is 20.6. The van der Waals surface area contributed by atoms with Crippen molar-refractivity contribution in [3.63, 3.8) is 0 Å². The van der Waals surface area contributed by atoms with Crippen molar-refractivity contribution in [3.05, 3.63) is 48.6 Å². The first-order chi connectivity index (χ1) is 28.1. The predicted molar refractivity (Wildman–Crippen MR) is 237 cm³/mol. The maximum Gasteiger partial charge on any atom is 0.469 e. The number of hydrogen-bond donors (Lipinski definition) is 4. The highest BCUT2D eigenvalue weighted by Gasteiger charge is 2.23. The van der Waals surface area contributed by atoms with E-state index >= 15 is 0 Å². The first-order valence-electron chi connectivity index (χ1n) is 23.1. The molecule has 58 heavy (non-hydrogen) atoms. The molecule has 3 atom stereocenters. The van der Waals surface area contributed by atoms with Gasteiger partial charge in [0.2, 0.25) is 0 Å². The lowest BCUT2D eigenvalue weighted by Gasteiger charge is -2.19. The molecular weight excluding hydrogens is 755 g/mol. The molecule has 0 aromatic rings. The molecule has 0 rings (SSSR count). The Morgan fingerprint density at radius 3 is 1.38 bits per heavy atom. The van der Waals surface area contributed by atoms with Crippen LogP contribution in [0.25, 0.3) is 0 Å². The van der Waals surface area contributed by atoms with Crippen LogP contribution in [0.15, 0.2) is 48.6 Å². The molecule has 0 aliphatic carbocycles. The van der Waals surface area contributed by atoms with Crippen LogP contribution in [-0.2, 0) is 28.2 Å². The van der Waals surface area contributed by atoms with Crippen LogP contribution in [0.2, 0.25) is 0 Å². The Hall–Kier alpha value is -2.07. The predicted octanol–water partition coefficient (Wildman–Crippen LogP) is 12.2. The van der Waals surface area contributed by atoms with E-state index in [1.807, 2.05) is 18.2 Å². The summed E-state index contributed by atoms with van der Waals surface area (Å²) in [6.45, 7) is 3.34. The Bertz CT molecular complexity index is 1110. The third-order valence-electron chi connectivity index (χ3n) is 10.1. The summed E-state index contributed by atoms with van der Waals surface area (Å²) in [5.74, 6) is -1.17. The second kappa shape index (κ2) is 41.7. The Kier molecular flexibility index (Phi) is 40.2. The molecule has 0 fully saturated rings. The molecule has 0 unspecified atom stereocenters. The Balaban J connectivity index is 4.05. The number of unbranched alkanes of at least 4 members (excludes halogenated alkanes) is 20. The highest BCUT2D eigenvalue weighted by molar-refractivity contribution is 7.46. The van der Waals surface area contributed by atoms with Gasteiger partial charge in [-0.3, -0.25) is 14.1 Å². The average molecular weight is 841 g/mol. The van der Waals surface area contributed by atoms with Gasteiger partial charge in [0.25, 0.3) is 0 Å². The van der Waals surface area contributed by atoms with E-state index in [2.05, 4.69) is 48.8 Å². The van der Waals surface area contributed by atoms with E-state index in [1.54, 1.807) is 0 Å². The molecule has 0 aromatic carbocycles. The number of hydrogen-bond acceptors (Lipinski definition) is 8. The van der Waals surface area contributed by atoms with Crippen molar-refractivity contribution in [3.8, 4) is 0 Å². The normalized spacial score (nSPS) is 14.0. The van der Waals surface area contributed by atoms with E-state index in [4.69, 9.17) is 19.3 Å². The Labute approximate surface area is 353 Å². The number of aliphatic hydroxyl groups is 2. The minimum absolute atomic E-state index is 0.0484. The fraction of sp³-hybridized carbons (Fsp3) is 0.787. The zero-order valence-corrected chi connectivity index (χ0v) is 37.6. The molecular formula is C47H85O10P. The highest BCUT2D eigenvalue weighted by atomic mass is 31.2. The van der Waals surface area contributed by atoms with E-state index < -0.39 is 51.3 Å². The van der Waals surface area contributed by atoms with Crippen LogP contribution >= 0.6 is 7.82 Å². The van der Waals surface area contributed by atoms with Gasteiger partial charge < -0.3 is 29.5 Å². The van der Waals surface area contributed by atoms with Gasteiger partial charge in [0.1, 0.15) is 6.61 Å². The lowest BCUT2D eigenvalue weighted by molar-refractivity contribution is -0.161. The lowest BCUT2D eigenvalue weighted by Crippen LogP contribution is -2.29. The summed E-state index contributed by atoms with van der Waals surface area (Å²) < 4.78 is 26.3. The average Bonchev–Trinajstić information content (AvgIpc) is 3.19. The molecule has 0 aliphatic heterocycles. The van der Waals surface area contributed by atoms with Gasteiger partial charge in [-0.05, 0) is 51.4 Å². The van der Waals surface area contributed by atoms with Gasteiger partial charge in [-0.1, -0.05) is 191 Å². The molecule has 0 heterocycles. The van der Waals surface area contributed by atoms with Crippen molar-refractivity contribution in [2.75, 3.05) is 13.2 Å². The lowest BCUT2D eigenvalue weighted by atomic mass is 10.0. The van der Waals surface area contributed by atoms with Gasteiger partial charge in [-0.15, -0.1) is 0 Å². The van der Waals surface area contributed by atoms with E-state index in [0.717, 1.165) is 44.9 Å². The minimum atomic E-state index is -4.83. The molecule has 338 valence electrons. The fourth-order valence-electron chi connectivity index (χ4n) is 6.52. The van der Waals surface area contributed by atoms with E-state index in [-0.39, 0.29) is 32.1 Å². The van der Waals surface area contributed by atoms with Crippen molar-refractivity contribution in [2.24, 2.45) is 0 Å². The number of phosphoric ester groups is 1. The van der Waals surface area contributed by atoms with Crippen LogP contribution in [0, 0.1) is 0 Å². The van der Waals surface area contributed by atoms with E-state index in [1.165, 1.54) is 109 Å². The minimum Gasteiger partial charge on any atom is -0.462 e. The van der Waals surface area contributed by atoms with Crippen LogP contribution in [-0.4, -0.2) is 63.5 Å². The largest absolute Gasteiger partial charge is 0.469 e. The third-order valence-corrected chi connectivity index (χ3v) is 10.5. The van der Waals surface area contributed by atoms with Crippen molar-refractivity contribution in [2.45, 2.75) is 225 Å². The summed E-state index contributed by atoms with van der Waals surface area (Å²) in [6, 6.07) is 0. The molecule has 0 radical (unpaired) electrons. The zero-order chi connectivity index (χ0) is 42.8. The summed E-state index contributed by atoms with van der Waals surface area (Å²) in [7, 11) is -4.83. The molecule has 0 aliphatic rings. The van der Waals surface area contributed by atoms with Crippen LogP contribution < -0.4 is 0 Å². The van der Waals surface area contributed by atoms with Crippen LogP contribution in [0.3, 0.4) is 0 Å². The summed E-state index contributed by atoms with van der Waals surface area (Å²) in [5.41, 5.74) is 0. The number of rotatable bonds is 42. The number of carbonyl (C=O) groups is 2. The second-order valence-corrected chi connectivity index (χ2v) is 16.9. The maximum absolute atomic E-state index is 12.5. The van der Waals surface area contributed by atoms with Gasteiger partial charge in [0, 0.05) is 12.8 Å².